The molecule has 0 bridgehead atoms. The van der Waals surface area contributed by atoms with Gasteiger partial charge in [-0.15, -0.1) is 0 Å². The summed E-state index contributed by atoms with van der Waals surface area (Å²) in [5.41, 5.74) is 3.86. The molecule has 0 saturated heterocycles. The summed E-state index contributed by atoms with van der Waals surface area (Å²) in [6.45, 7) is 1.55. The van der Waals surface area contributed by atoms with Crippen LogP contribution < -0.4 is 0 Å². The molecule has 0 aliphatic rings. The van der Waals surface area contributed by atoms with Crippen LogP contribution in [-0.2, 0) is 4.79 Å². The van der Waals surface area contributed by atoms with E-state index in [1.54, 1.807) is 30.1 Å². The second-order valence-corrected chi connectivity index (χ2v) is 5.02. The molecular weight excluding hydrogens is 272 g/mol. The van der Waals surface area contributed by atoms with Crippen LogP contribution >= 0.6 is 0 Å². The van der Waals surface area contributed by atoms with Crippen molar-refractivity contribution >= 4 is 17.6 Å². The third-order valence-electron chi connectivity index (χ3n) is 3.43. The molecule has 1 aromatic heterocycles. The van der Waals surface area contributed by atoms with Crippen molar-refractivity contribution in [3.63, 3.8) is 0 Å². The molecule has 108 valence electrons. The van der Waals surface area contributed by atoms with Gasteiger partial charge in [0.15, 0.2) is 5.78 Å². The summed E-state index contributed by atoms with van der Waals surface area (Å²) in [6.07, 6.45) is 5.28. The number of hydrogen-bond donors (Lipinski definition) is 0. The molecule has 3 rings (SSSR count). The first kappa shape index (κ1) is 14.0. The van der Waals surface area contributed by atoms with Crippen LogP contribution in [0, 0.1) is 0 Å². The summed E-state index contributed by atoms with van der Waals surface area (Å²) in [5, 5.41) is 4.13. The van der Waals surface area contributed by atoms with E-state index in [-0.39, 0.29) is 5.78 Å². The highest BCUT2D eigenvalue weighted by molar-refractivity contribution is 6.18. The second kappa shape index (κ2) is 6.22. The Morgan fingerprint density at radius 2 is 1.64 bits per heavy atom. The first-order valence-electron chi connectivity index (χ1n) is 7.12. The fourth-order valence-corrected chi connectivity index (χ4v) is 2.30. The van der Waals surface area contributed by atoms with Crippen LogP contribution in [0.25, 0.3) is 22.9 Å². The number of carbonyl (C=O) groups is 1. The van der Waals surface area contributed by atoms with E-state index < -0.39 is 0 Å². The van der Waals surface area contributed by atoms with Gasteiger partial charge in [0, 0.05) is 19.3 Å². The zero-order valence-electron chi connectivity index (χ0n) is 12.3. The van der Waals surface area contributed by atoms with Gasteiger partial charge in [-0.3, -0.25) is 4.79 Å². The van der Waals surface area contributed by atoms with E-state index in [2.05, 4.69) is 29.4 Å². The Balaban J connectivity index is 1.92. The highest BCUT2D eigenvalue weighted by Gasteiger charge is 2.07. The van der Waals surface area contributed by atoms with Gasteiger partial charge in [0.1, 0.15) is 5.70 Å². The van der Waals surface area contributed by atoms with E-state index in [9.17, 15) is 4.79 Å². The maximum Gasteiger partial charge on any atom is 0.178 e. The molecular formula is C19H16N2O. The Bertz CT molecular complexity index is 785. The molecule has 0 spiro atoms. The highest BCUT2D eigenvalue weighted by atomic mass is 16.1. The molecule has 22 heavy (non-hydrogen) atoms. The van der Waals surface area contributed by atoms with Gasteiger partial charge >= 0.3 is 0 Å². The van der Waals surface area contributed by atoms with E-state index in [4.69, 9.17) is 0 Å². The van der Waals surface area contributed by atoms with Gasteiger partial charge < -0.3 is 0 Å². The number of benzene rings is 2. The molecule has 2 aromatic carbocycles. The highest BCUT2D eigenvalue weighted by Crippen LogP contribution is 2.20. The summed E-state index contributed by atoms with van der Waals surface area (Å²) in [4.78, 5) is 11.8. The summed E-state index contributed by atoms with van der Waals surface area (Å²) in [7, 11) is 0. The number of hydrogen-bond acceptors (Lipinski definition) is 2. The summed E-state index contributed by atoms with van der Waals surface area (Å²) >= 11 is 0. The van der Waals surface area contributed by atoms with E-state index in [0.29, 0.717) is 5.70 Å². The molecule has 0 aliphatic heterocycles. The molecule has 0 saturated carbocycles. The van der Waals surface area contributed by atoms with Crippen LogP contribution in [0.2, 0.25) is 0 Å². The van der Waals surface area contributed by atoms with Crippen LogP contribution in [0.15, 0.2) is 73.1 Å². The Labute approximate surface area is 129 Å². The van der Waals surface area contributed by atoms with E-state index in [1.807, 2.05) is 36.4 Å². The van der Waals surface area contributed by atoms with Crippen molar-refractivity contribution in [2.24, 2.45) is 0 Å². The average molecular weight is 288 g/mol. The fraction of sp³-hybridized carbons (Fsp3) is 0.0526. The molecule has 0 atom stereocenters. The van der Waals surface area contributed by atoms with Crippen LogP contribution in [0.5, 0.6) is 0 Å². The molecule has 0 unspecified atom stereocenters. The largest absolute Gasteiger partial charge is 0.293 e. The number of rotatable bonds is 4. The minimum atomic E-state index is -0.0177. The normalized spacial score (nSPS) is 11.4. The third kappa shape index (κ3) is 3.04. The molecule has 3 heteroatoms. The number of carbonyl (C=O) groups excluding carboxylic acids is 1. The lowest BCUT2D eigenvalue weighted by Gasteiger charge is -2.05. The van der Waals surface area contributed by atoms with Crippen LogP contribution in [0.1, 0.15) is 12.5 Å². The molecule has 0 radical (unpaired) electrons. The number of Topliss-reactive ketones (excluding diaryl/α,β-unsaturated/α-hetero) is 1. The zero-order valence-corrected chi connectivity index (χ0v) is 12.3. The van der Waals surface area contributed by atoms with Crippen molar-refractivity contribution in [2.75, 3.05) is 0 Å². The minimum Gasteiger partial charge on any atom is -0.293 e. The Morgan fingerprint density at radius 3 is 2.23 bits per heavy atom. The molecule has 0 fully saturated rings. The topological polar surface area (TPSA) is 34.9 Å². The van der Waals surface area contributed by atoms with E-state index in [0.717, 1.165) is 11.1 Å². The van der Waals surface area contributed by atoms with E-state index >= 15 is 0 Å². The van der Waals surface area contributed by atoms with Crippen LogP contribution in [0.3, 0.4) is 0 Å². The quantitative estimate of drug-likeness (QED) is 0.676. The van der Waals surface area contributed by atoms with Crippen molar-refractivity contribution in [3.8, 4) is 11.1 Å². The molecule has 3 nitrogen and oxygen atoms in total. The predicted octanol–water partition coefficient (Wildman–Crippen LogP) is 4.14. The number of allylic oxidation sites excluding steroid dienone is 1. The fourth-order valence-electron chi connectivity index (χ4n) is 2.30. The van der Waals surface area contributed by atoms with Crippen molar-refractivity contribution in [1.29, 1.82) is 0 Å². The molecule has 3 aromatic rings. The van der Waals surface area contributed by atoms with Gasteiger partial charge in [0.25, 0.3) is 0 Å². The second-order valence-electron chi connectivity index (χ2n) is 5.02. The average Bonchev–Trinajstić information content (AvgIpc) is 3.08. The lowest BCUT2D eigenvalue weighted by Crippen LogP contribution is -2.05. The predicted molar refractivity (Wildman–Crippen MR) is 89.0 cm³/mol. The molecule has 0 N–H and O–H groups in total. The smallest absolute Gasteiger partial charge is 0.178 e. The van der Waals surface area contributed by atoms with Gasteiger partial charge in [-0.1, -0.05) is 54.6 Å². The standard InChI is InChI=1S/C19H16N2O/c1-15(22)19(21-13-5-12-20-21)14-16-8-10-18(11-9-16)17-6-3-2-4-7-17/h2-14H,1H3/b19-14-. The molecule has 0 aliphatic carbocycles. The van der Waals surface area contributed by atoms with Crippen molar-refractivity contribution in [1.82, 2.24) is 9.78 Å². The van der Waals surface area contributed by atoms with Gasteiger partial charge in [-0.2, -0.15) is 5.10 Å². The summed E-state index contributed by atoms with van der Waals surface area (Å²) in [6, 6.07) is 20.1. The van der Waals surface area contributed by atoms with Gasteiger partial charge in [-0.25, -0.2) is 4.68 Å². The van der Waals surface area contributed by atoms with Gasteiger partial charge in [0.2, 0.25) is 0 Å². The first-order valence-corrected chi connectivity index (χ1v) is 7.12. The Hall–Kier alpha value is -2.94. The third-order valence-corrected chi connectivity index (χ3v) is 3.43. The SMILES string of the molecule is CC(=O)/C(=C/c1ccc(-c2ccccc2)cc1)n1cccn1. The number of ketones is 1. The summed E-state index contributed by atoms with van der Waals surface area (Å²) in [5.74, 6) is -0.0177. The van der Waals surface area contributed by atoms with Crippen LogP contribution in [-0.4, -0.2) is 15.6 Å². The van der Waals surface area contributed by atoms with Crippen molar-refractivity contribution in [3.05, 3.63) is 78.6 Å². The number of aromatic nitrogens is 2. The molecule has 1 heterocycles. The molecule has 0 amide bonds. The van der Waals surface area contributed by atoms with Crippen molar-refractivity contribution < 1.29 is 4.79 Å². The van der Waals surface area contributed by atoms with Crippen molar-refractivity contribution in [2.45, 2.75) is 6.92 Å². The Kier molecular flexibility index (Phi) is 3.97. The maximum atomic E-state index is 11.8. The van der Waals surface area contributed by atoms with Gasteiger partial charge in [0.05, 0.1) is 0 Å². The summed E-state index contributed by atoms with van der Waals surface area (Å²) < 4.78 is 1.59. The minimum absolute atomic E-state index is 0.0177. The lowest BCUT2D eigenvalue weighted by atomic mass is 10.0. The maximum absolute atomic E-state index is 11.8. The Morgan fingerprint density at radius 1 is 0.955 bits per heavy atom. The zero-order chi connectivity index (χ0) is 15.4. The van der Waals surface area contributed by atoms with Crippen LogP contribution in [0.4, 0.5) is 0 Å². The first-order chi connectivity index (χ1) is 10.7. The lowest BCUT2D eigenvalue weighted by molar-refractivity contribution is -0.112. The van der Waals surface area contributed by atoms with Gasteiger partial charge in [-0.05, 0) is 28.8 Å². The van der Waals surface area contributed by atoms with E-state index in [1.165, 1.54) is 5.56 Å². The monoisotopic (exact) mass is 288 g/mol. The number of nitrogens with zero attached hydrogens (tertiary/aromatic N) is 2.